The van der Waals surface area contributed by atoms with Gasteiger partial charge in [0, 0.05) is 40.0 Å². The summed E-state index contributed by atoms with van der Waals surface area (Å²) >= 11 is 0. The first-order valence-corrected chi connectivity index (χ1v) is 17.5. The molecule has 3 rings (SSSR count). The van der Waals surface area contributed by atoms with Crippen LogP contribution in [0.5, 0.6) is 0 Å². The molecule has 2 fully saturated rings. The highest BCUT2D eigenvalue weighted by Crippen LogP contribution is 2.35. The van der Waals surface area contributed by atoms with E-state index in [0.29, 0.717) is 0 Å². The van der Waals surface area contributed by atoms with E-state index in [1.54, 1.807) is 27.7 Å². The van der Waals surface area contributed by atoms with Crippen LogP contribution in [0.25, 0.3) is 0 Å². The van der Waals surface area contributed by atoms with Crippen LogP contribution in [0.2, 0.25) is 0 Å². The SMILES string of the molecule is CC(=O)OC[C@H]1O[C@H](OC(=O)NS(=O)(=O)OC[C@H]2O[C@@H](n3ccc(=O)[nH]c3=O)[C@H](OC(C)C)[C@@H]2OC(C)C)[C@H](OC(C)=O)[C@@H](OC(C)=O)[C@@H]1OC(C)=O. The van der Waals surface area contributed by atoms with Gasteiger partial charge >= 0.3 is 46.0 Å². The summed E-state index contributed by atoms with van der Waals surface area (Å²) < 4.78 is 82.8. The fourth-order valence-electron chi connectivity index (χ4n) is 5.33. The van der Waals surface area contributed by atoms with Crippen molar-refractivity contribution in [2.75, 3.05) is 13.2 Å². The van der Waals surface area contributed by atoms with Crippen LogP contribution in [-0.2, 0) is 76.3 Å². The van der Waals surface area contributed by atoms with E-state index in [4.69, 9.17) is 46.8 Å². The lowest BCUT2D eigenvalue weighted by Crippen LogP contribution is -2.63. The molecule has 2 aliphatic heterocycles. The number of hydrogen-bond donors (Lipinski definition) is 2. The average molecular weight is 782 g/mol. The molecule has 2 saturated heterocycles. The summed E-state index contributed by atoms with van der Waals surface area (Å²) in [6.07, 6.45) is -14.6. The number of nitrogens with one attached hydrogen (secondary N) is 2. The molecule has 0 radical (unpaired) electrons. The standard InChI is InChI=1S/C30H43N3O19S/c1-13(2)45-23-20(50-27(25(23)46-14(3)4)33-10-9-21(38)31-29(33)39)12-44-53(41,42)32-30(40)52-28-26(49-18(8)37)24(48-17(7)36)22(47-16(6)35)19(51-28)11-43-15(5)34/h9-10,13-14,19-20,22-28H,11-12H2,1-8H3,(H,32,40)(H,31,38,39)/t19-,20-,22-,23-,24+,25-,26-,27-,28-/m1/s1. The van der Waals surface area contributed by atoms with Crippen LogP contribution < -0.4 is 16.0 Å². The maximum atomic E-state index is 13.0. The normalized spacial score (nSPS) is 27.2. The maximum absolute atomic E-state index is 13.0. The van der Waals surface area contributed by atoms with Gasteiger partial charge in [-0.25, -0.2) is 9.59 Å². The first-order valence-electron chi connectivity index (χ1n) is 16.1. The molecule has 2 N–H and O–H groups in total. The first-order chi connectivity index (χ1) is 24.7. The lowest BCUT2D eigenvalue weighted by atomic mass is 9.98. The number of carbonyl (C=O) groups is 5. The van der Waals surface area contributed by atoms with E-state index >= 15 is 0 Å². The molecular formula is C30H43N3O19S. The molecule has 22 nitrogen and oxygen atoms in total. The third-order valence-corrected chi connectivity index (χ3v) is 7.90. The summed E-state index contributed by atoms with van der Waals surface area (Å²) in [7, 11) is -5.05. The van der Waals surface area contributed by atoms with E-state index in [-0.39, 0.29) is 0 Å². The zero-order valence-electron chi connectivity index (χ0n) is 30.0. The van der Waals surface area contributed by atoms with E-state index in [9.17, 15) is 42.0 Å². The van der Waals surface area contributed by atoms with Gasteiger partial charge in [0.2, 0.25) is 12.4 Å². The van der Waals surface area contributed by atoms with Crippen LogP contribution in [0.15, 0.2) is 21.9 Å². The van der Waals surface area contributed by atoms with Crippen molar-refractivity contribution in [3.05, 3.63) is 33.1 Å². The van der Waals surface area contributed by atoms with Crippen molar-refractivity contribution >= 4 is 40.3 Å². The number of rotatable bonds is 15. The lowest BCUT2D eigenvalue weighted by molar-refractivity contribution is -0.294. The molecule has 0 unspecified atom stereocenters. The fourth-order valence-corrected chi connectivity index (χ4v) is 5.96. The van der Waals surface area contributed by atoms with E-state index in [1.807, 2.05) is 0 Å². The summed E-state index contributed by atoms with van der Waals surface area (Å²) in [6.45, 7) is 9.31. The molecule has 298 valence electrons. The maximum Gasteiger partial charge on any atom is 0.425 e. The van der Waals surface area contributed by atoms with Crippen LogP contribution in [0.1, 0.15) is 61.6 Å². The van der Waals surface area contributed by atoms with Gasteiger partial charge in [-0.05, 0) is 27.7 Å². The Morgan fingerprint density at radius 1 is 0.755 bits per heavy atom. The first kappa shape index (κ1) is 43.0. The minimum Gasteiger partial charge on any atom is -0.463 e. The molecule has 0 aliphatic carbocycles. The molecule has 0 aromatic carbocycles. The highest BCUT2D eigenvalue weighted by atomic mass is 32.2. The van der Waals surface area contributed by atoms with Gasteiger partial charge in [0.05, 0.1) is 18.8 Å². The molecule has 2 aliphatic rings. The quantitative estimate of drug-likeness (QED) is 0.161. The van der Waals surface area contributed by atoms with Crippen LogP contribution in [-0.4, -0.2) is 122 Å². The van der Waals surface area contributed by atoms with Crippen molar-refractivity contribution in [1.82, 2.24) is 14.3 Å². The second-order valence-electron chi connectivity index (χ2n) is 12.2. The Labute approximate surface area is 302 Å². The molecule has 53 heavy (non-hydrogen) atoms. The number of aromatic nitrogens is 2. The van der Waals surface area contributed by atoms with Gasteiger partial charge in [-0.1, -0.05) is 0 Å². The highest BCUT2D eigenvalue weighted by Gasteiger charge is 2.54. The number of amides is 1. The summed E-state index contributed by atoms with van der Waals surface area (Å²) in [5, 5.41) is 0. The Hall–Kier alpha value is -4.42. The zero-order chi connectivity index (χ0) is 39.8. The third kappa shape index (κ3) is 12.6. The van der Waals surface area contributed by atoms with Crippen molar-refractivity contribution in [2.45, 2.75) is 123 Å². The van der Waals surface area contributed by atoms with E-state index in [2.05, 4.69) is 4.98 Å². The second kappa shape index (κ2) is 18.6. The summed E-state index contributed by atoms with van der Waals surface area (Å²) in [6, 6.07) is 1.07. The summed E-state index contributed by atoms with van der Waals surface area (Å²) in [4.78, 5) is 86.9. The van der Waals surface area contributed by atoms with Crippen molar-refractivity contribution in [3.63, 3.8) is 0 Å². The predicted molar refractivity (Wildman–Crippen MR) is 172 cm³/mol. The van der Waals surface area contributed by atoms with Gasteiger partial charge < -0.3 is 42.6 Å². The van der Waals surface area contributed by atoms with Gasteiger partial charge in [0.15, 0.2) is 18.4 Å². The van der Waals surface area contributed by atoms with Crippen LogP contribution in [0, 0.1) is 0 Å². The van der Waals surface area contributed by atoms with E-state index < -0.39 is 132 Å². The highest BCUT2D eigenvalue weighted by molar-refractivity contribution is 7.85. The smallest absolute Gasteiger partial charge is 0.425 e. The predicted octanol–water partition coefficient (Wildman–Crippen LogP) is -0.908. The van der Waals surface area contributed by atoms with Crippen LogP contribution in [0.3, 0.4) is 0 Å². The molecule has 1 aromatic rings. The van der Waals surface area contributed by atoms with Gasteiger partial charge in [-0.2, -0.15) is 13.1 Å². The number of carbonyl (C=O) groups excluding carboxylic acids is 5. The third-order valence-electron chi connectivity index (χ3n) is 7.04. The fraction of sp³-hybridized carbons (Fsp3) is 0.700. The van der Waals surface area contributed by atoms with Crippen molar-refractivity contribution in [3.8, 4) is 0 Å². The van der Waals surface area contributed by atoms with E-state index in [1.165, 1.54) is 10.9 Å². The molecule has 0 spiro atoms. The number of H-pyrrole nitrogens is 1. The number of hydrogen-bond acceptors (Lipinski definition) is 19. The minimum atomic E-state index is -5.05. The molecular weight excluding hydrogens is 738 g/mol. The second-order valence-corrected chi connectivity index (χ2v) is 13.5. The Bertz CT molecular complexity index is 1710. The Balaban J connectivity index is 1.84. The van der Waals surface area contributed by atoms with Crippen molar-refractivity contribution in [1.29, 1.82) is 0 Å². The molecule has 0 saturated carbocycles. The van der Waals surface area contributed by atoms with Crippen molar-refractivity contribution in [2.24, 2.45) is 0 Å². The lowest BCUT2D eigenvalue weighted by Gasteiger charge is -2.43. The molecule has 9 atom stereocenters. The zero-order valence-corrected chi connectivity index (χ0v) is 30.8. The molecule has 23 heteroatoms. The number of ether oxygens (including phenoxy) is 9. The largest absolute Gasteiger partial charge is 0.463 e. The van der Waals surface area contributed by atoms with Gasteiger partial charge in [0.1, 0.15) is 31.0 Å². The molecule has 1 amide bonds. The average Bonchev–Trinajstić information content (AvgIpc) is 3.32. The van der Waals surface area contributed by atoms with Crippen molar-refractivity contribution < 1.29 is 79.2 Å². The number of esters is 4. The van der Waals surface area contributed by atoms with Crippen LogP contribution >= 0.6 is 0 Å². The molecule has 3 heterocycles. The van der Waals surface area contributed by atoms with Crippen LogP contribution in [0.4, 0.5) is 4.79 Å². The number of nitrogens with zero attached hydrogens (tertiary/aromatic N) is 1. The van der Waals surface area contributed by atoms with Gasteiger partial charge in [0.25, 0.3) is 5.56 Å². The van der Waals surface area contributed by atoms with Gasteiger partial charge in [-0.15, -0.1) is 0 Å². The monoisotopic (exact) mass is 781 g/mol. The van der Waals surface area contributed by atoms with E-state index in [0.717, 1.165) is 38.3 Å². The Morgan fingerprint density at radius 3 is 1.85 bits per heavy atom. The minimum absolute atomic E-state index is 0.432. The topological polar surface area (TPSA) is 279 Å². The van der Waals surface area contributed by atoms with Gasteiger partial charge in [-0.3, -0.25) is 37.7 Å². The Morgan fingerprint density at radius 2 is 1.30 bits per heavy atom. The molecule has 0 bridgehead atoms. The summed E-state index contributed by atoms with van der Waals surface area (Å²) in [5.74, 6) is -3.67. The summed E-state index contributed by atoms with van der Waals surface area (Å²) in [5.41, 5.74) is -1.52. The molecule has 1 aromatic heterocycles. The Kier molecular flexibility index (Phi) is 15.1. The number of aromatic amines is 1.